The van der Waals surface area contributed by atoms with Crippen LogP contribution >= 0.6 is 24.8 Å². The molecule has 11 heavy (non-hydrogen) atoms. The lowest BCUT2D eigenvalue weighted by atomic mass is 10.3. The first-order valence-corrected chi connectivity index (χ1v) is 3.08. The number of nitrogens with zero attached hydrogens (tertiary/aromatic N) is 1. The molecular weight excluding hydrogens is 187 g/mol. The van der Waals surface area contributed by atoms with Crippen molar-refractivity contribution >= 4 is 30.7 Å². The number of amides is 1. The standard InChI is InChI=1S/C6H14N2O.2ClH/c1-8(2)6(9)4-3-5-7;;/h3-5,7H2,1-2H3;2*1H. The zero-order chi connectivity index (χ0) is 7.28. The van der Waals surface area contributed by atoms with E-state index in [1.54, 1.807) is 19.0 Å². The SMILES string of the molecule is CN(C)C(=O)CCCN.Cl.Cl. The van der Waals surface area contributed by atoms with E-state index in [2.05, 4.69) is 0 Å². The van der Waals surface area contributed by atoms with E-state index in [9.17, 15) is 4.79 Å². The van der Waals surface area contributed by atoms with Gasteiger partial charge in [-0.3, -0.25) is 4.79 Å². The lowest BCUT2D eigenvalue weighted by Gasteiger charge is -2.08. The Kier molecular flexibility index (Phi) is 15.6. The van der Waals surface area contributed by atoms with Gasteiger partial charge in [-0.15, -0.1) is 24.8 Å². The van der Waals surface area contributed by atoms with Crippen LogP contribution < -0.4 is 5.73 Å². The quantitative estimate of drug-likeness (QED) is 0.732. The van der Waals surface area contributed by atoms with Gasteiger partial charge >= 0.3 is 0 Å². The molecule has 0 aliphatic carbocycles. The molecule has 2 N–H and O–H groups in total. The van der Waals surface area contributed by atoms with Gasteiger partial charge in [0.2, 0.25) is 5.91 Å². The van der Waals surface area contributed by atoms with E-state index >= 15 is 0 Å². The fraction of sp³-hybridized carbons (Fsp3) is 0.833. The predicted molar refractivity (Wildman–Crippen MR) is 51.5 cm³/mol. The Balaban J connectivity index is -0.000000320. The maximum Gasteiger partial charge on any atom is 0.222 e. The van der Waals surface area contributed by atoms with Gasteiger partial charge < -0.3 is 10.6 Å². The highest BCUT2D eigenvalue weighted by atomic mass is 35.5. The molecule has 1 amide bonds. The van der Waals surface area contributed by atoms with Gasteiger partial charge in [-0.25, -0.2) is 0 Å². The molecule has 0 aromatic heterocycles. The molecule has 5 heteroatoms. The molecule has 0 radical (unpaired) electrons. The molecule has 3 nitrogen and oxygen atoms in total. The summed E-state index contributed by atoms with van der Waals surface area (Å²) in [6.07, 6.45) is 1.36. The highest BCUT2D eigenvalue weighted by molar-refractivity contribution is 5.85. The van der Waals surface area contributed by atoms with Gasteiger partial charge in [0.05, 0.1) is 0 Å². The van der Waals surface area contributed by atoms with Gasteiger partial charge in [-0.05, 0) is 13.0 Å². The van der Waals surface area contributed by atoms with E-state index < -0.39 is 0 Å². The average Bonchev–Trinajstić information content (AvgIpc) is 1.82. The third-order valence-electron chi connectivity index (χ3n) is 1.09. The number of hydrogen-bond acceptors (Lipinski definition) is 2. The molecule has 0 spiro atoms. The van der Waals surface area contributed by atoms with Crippen molar-refractivity contribution in [1.29, 1.82) is 0 Å². The van der Waals surface area contributed by atoms with Crippen LogP contribution in [0.3, 0.4) is 0 Å². The van der Waals surface area contributed by atoms with E-state index in [1.165, 1.54) is 0 Å². The van der Waals surface area contributed by atoms with Crippen LogP contribution in [-0.2, 0) is 4.79 Å². The Bertz CT molecular complexity index is 98.6. The highest BCUT2D eigenvalue weighted by Crippen LogP contribution is 1.89. The fourth-order valence-electron chi connectivity index (χ4n) is 0.477. The maximum atomic E-state index is 10.8. The van der Waals surface area contributed by atoms with Crippen molar-refractivity contribution in [1.82, 2.24) is 4.90 Å². The van der Waals surface area contributed by atoms with Gasteiger partial charge in [0.25, 0.3) is 0 Å². The summed E-state index contributed by atoms with van der Waals surface area (Å²) < 4.78 is 0. The van der Waals surface area contributed by atoms with Crippen LogP contribution in [0.15, 0.2) is 0 Å². The average molecular weight is 203 g/mol. The first kappa shape index (κ1) is 17.2. The van der Waals surface area contributed by atoms with Crippen LogP contribution in [-0.4, -0.2) is 31.4 Å². The molecule has 0 rings (SSSR count). The molecule has 0 aliphatic heterocycles. The van der Waals surface area contributed by atoms with Crippen LogP contribution in [0.25, 0.3) is 0 Å². The van der Waals surface area contributed by atoms with Gasteiger partial charge in [0, 0.05) is 20.5 Å². The number of hydrogen-bond donors (Lipinski definition) is 1. The minimum absolute atomic E-state index is 0. The Labute approximate surface area is 80.1 Å². The first-order valence-electron chi connectivity index (χ1n) is 3.08. The van der Waals surface area contributed by atoms with Crippen LogP contribution in [0.5, 0.6) is 0 Å². The Hall–Kier alpha value is 0.01000. The van der Waals surface area contributed by atoms with E-state index in [1.807, 2.05) is 0 Å². The van der Waals surface area contributed by atoms with Crippen LogP contribution in [0.4, 0.5) is 0 Å². The largest absolute Gasteiger partial charge is 0.349 e. The van der Waals surface area contributed by atoms with Crippen molar-refractivity contribution in [2.45, 2.75) is 12.8 Å². The fourth-order valence-corrected chi connectivity index (χ4v) is 0.477. The molecule has 0 aromatic rings. The molecule has 0 unspecified atom stereocenters. The van der Waals surface area contributed by atoms with Crippen molar-refractivity contribution < 1.29 is 4.79 Å². The van der Waals surface area contributed by atoms with Crippen molar-refractivity contribution in [2.75, 3.05) is 20.6 Å². The number of rotatable bonds is 3. The van der Waals surface area contributed by atoms with E-state index in [4.69, 9.17) is 5.73 Å². The molecule has 0 aliphatic rings. The number of carbonyl (C=O) groups excluding carboxylic acids is 1. The topological polar surface area (TPSA) is 46.3 Å². The Morgan fingerprint density at radius 2 is 1.82 bits per heavy atom. The second-order valence-corrected chi connectivity index (χ2v) is 2.18. The van der Waals surface area contributed by atoms with Crippen molar-refractivity contribution in [3.63, 3.8) is 0 Å². The summed E-state index contributed by atoms with van der Waals surface area (Å²) in [6, 6.07) is 0. The van der Waals surface area contributed by atoms with Crippen LogP contribution in [0.1, 0.15) is 12.8 Å². The summed E-state index contributed by atoms with van der Waals surface area (Å²) in [4.78, 5) is 12.4. The lowest BCUT2D eigenvalue weighted by Crippen LogP contribution is -2.22. The maximum absolute atomic E-state index is 10.8. The highest BCUT2D eigenvalue weighted by Gasteiger charge is 2.00. The molecule has 0 bridgehead atoms. The molecule has 0 saturated carbocycles. The van der Waals surface area contributed by atoms with Gasteiger partial charge in [0.1, 0.15) is 0 Å². The van der Waals surface area contributed by atoms with Gasteiger partial charge in [-0.1, -0.05) is 0 Å². The molecule has 0 fully saturated rings. The first-order chi connectivity index (χ1) is 4.18. The van der Waals surface area contributed by atoms with Gasteiger partial charge in [-0.2, -0.15) is 0 Å². The number of carbonyl (C=O) groups is 1. The molecule has 0 aromatic carbocycles. The monoisotopic (exact) mass is 202 g/mol. The Morgan fingerprint density at radius 3 is 2.09 bits per heavy atom. The third kappa shape index (κ3) is 10.0. The van der Waals surface area contributed by atoms with Crippen LogP contribution in [0, 0.1) is 0 Å². The van der Waals surface area contributed by atoms with Crippen molar-refractivity contribution in [3.8, 4) is 0 Å². The molecule has 70 valence electrons. The minimum atomic E-state index is 0. The molecular formula is C6H16Cl2N2O. The third-order valence-corrected chi connectivity index (χ3v) is 1.09. The van der Waals surface area contributed by atoms with Crippen molar-refractivity contribution in [2.24, 2.45) is 5.73 Å². The summed E-state index contributed by atoms with van der Waals surface area (Å²) in [7, 11) is 3.50. The zero-order valence-corrected chi connectivity index (χ0v) is 8.50. The molecule has 0 atom stereocenters. The molecule has 0 saturated heterocycles. The van der Waals surface area contributed by atoms with E-state index in [0.717, 1.165) is 6.42 Å². The van der Waals surface area contributed by atoms with Crippen LogP contribution in [0.2, 0.25) is 0 Å². The minimum Gasteiger partial charge on any atom is -0.349 e. The number of halogens is 2. The predicted octanol–water partition coefficient (Wildman–Crippen LogP) is 0.657. The summed E-state index contributed by atoms with van der Waals surface area (Å²) in [5, 5.41) is 0. The van der Waals surface area contributed by atoms with Gasteiger partial charge in [0.15, 0.2) is 0 Å². The molecule has 0 heterocycles. The number of nitrogens with two attached hydrogens (primary N) is 1. The summed E-state index contributed by atoms with van der Waals surface area (Å²) in [5.74, 6) is 0.153. The normalized spacial score (nSPS) is 7.55. The summed E-state index contributed by atoms with van der Waals surface area (Å²) in [5.41, 5.74) is 5.21. The van der Waals surface area contributed by atoms with E-state index in [0.29, 0.717) is 13.0 Å². The zero-order valence-electron chi connectivity index (χ0n) is 6.87. The van der Waals surface area contributed by atoms with E-state index in [-0.39, 0.29) is 30.7 Å². The summed E-state index contributed by atoms with van der Waals surface area (Å²) in [6.45, 7) is 0.597. The summed E-state index contributed by atoms with van der Waals surface area (Å²) >= 11 is 0. The second kappa shape index (κ2) is 10.0. The Morgan fingerprint density at radius 1 is 1.36 bits per heavy atom. The van der Waals surface area contributed by atoms with Crippen molar-refractivity contribution in [3.05, 3.63) is 0 Å². The smallest absolute Gasteiger partial charge is 0.222 e. The second-order valence-electron chi connectivity index (χ2n) is 2.18. The lowest BCUT2D eigenvalue weighted by molar-refractivity contribution is -0.128.